The van der Waals surface area contributed by atoms with Crippen molar-refractivity contribution in [3.05, 3.63) is 60.3 Å². The summed E-state index contributed by atoms with van der Waals surface area (Å²) in [6.07, 6.45) is 3.46. The lowest BCUT2D eigenvalue weighted by Gasteiger charge is -2.09. The number of oxazole rings is 1. The van der Waals surface area contributed by atoms with Crippen molar-refractivity contribution >= 4 is 17.5 Å². The van der Waals surface area contributed by atoms with E-state index in [4.69, 9.17) is 4.42 Å². The number of anilines is 1. The monoisotopic (exact) mass is 409 g/mol. The second-order valence-corrected chi connectivity index (χ2v) is 6.63. The highest BCUT2D eigenvalue weighted by Gasteiger charge is 2.12. The second-order valence-electron chi connectivity index (χ2n) is 6.63. The van der Waals surface area contributed by atoms with Crippen molar-refractivity contribution in [3.8, 4) is 11.3 Å². The molecule has 0 aliphatic rings. The molecule has 4 aromatic rings. The highest BCUT2D eigenvalue weighted by atomic mass is 19.1. The summed E-state index contributed by atoms with van der Waals surface area (Å²) in [7, 11) is 0. The fraction of sp³-hybridized carbons (Fsp3) is 0.250. The van der Waals surface area contributed by atoms with Crippen LogP contribution in [0.1, 0.15) is 18.0 Å². The standard InChI is InChI=1S/C20H20FN7O2/c1-13-10-17(28-20(27-13)25-12-26-28)22-8-9-23-18(29)6-7-19-24-11-16(30-19)14-4-2-3-5-15(14)21/h2-5,10-12,22H,6-9H2,1H3,(H,23,29). The molecular weight excluding hydrogens is 389 g/mol. The maximum Gasteiger partial charge on any atom is 0.254 e. The normalized spacial score (nSPS) is 11.0. The van der Waals surface area contributed by atoms with Gasteiger partial charge in [0.1, 0.15) is 18.0 Å². The average Bonchev–Trinajstić information content (AvgIpc) is 3.39. The minimum atomic E-state index is -0.377. The van der Waals surface area contributed by atoms with E-state index in [1.165, 1.54) is 18.6 Å². The maximum absolute atomic E-state index is 13.8. The van der Waals surface area contributed by atoms with E-state index in [0.29, 0.717) is 42.5 Å². The van der Waals surface area contributed by atoms with Crippen LogP contribution in [-0.4, -0.2) is 43.6 Å². The fourth-order valence-electron chi connectivity index (χ4n) is 2.97. The number of fused-ring (bicyclic) bond motifs is 1. The van der Waals surface area contributed by atoms with E-state index in [2.05, 4.69) is 30.7 Å². The van der Waals surface area contributed by atoms with Gasteiger partial charge in [-0.3, -0.25) is 4.79 Å². The summed E-state index contributed by atoms with van der Waals surface area (Å²) in [6.45, 7) is 2.82. The summed E-state index contributed by atoms with van der Waals surface area (Å²) in [5.74, 6) is 1.51. The van der Waals surface area contributed by atoms with Crippen LogP contribution < -0.4 is 10.6 Å². The van der Waals surface area contributed by atoms with Gasteiger partial charge >= 0.3 is 0 Å². The Morgan fingerprint density at radius 3 is 2.97 bits per heavy atom. The van der Waals surface area contributed by atoms with Crippen molar-refractivity contribution in [3.63, 3.8) is 0 Å². The molecule has 0 saturated carbocycles. The third kappa shape index (κ3) is 4.43. The van der Waals surface area contributed by atoms with E-state index in [-0.39, 0.29) is 18.1 Å². The quantitative estimate of drug-likeness (QED) is 0.430. The van der Waals surface area contributed by atoms with Gasteiger partial charge in [-0.05, 0) is 19.1 Å². The first-order chi connectivity index (χ1) is 14.6. The number of rotatable bonds is 8. The average molecular weight is 409 g/mol. The van der Waals surface area contributed by atoms with Crippen LogP contribution in [0.5, 0.6) is 0 Å². The molecule has 0 unspecified atom stereocenters. The van der Waals surface area contributed by atoms with Crippen molar-refractivity contribution in [1.82, 2.24) is 29.9 Å². The molecular formula is C20H20FN7O2. The molecule has 0 fully saturated rings. The summed E-state index contributed by atoms with van der Waals surface area (Å²) in [5.41, 5.74) is 1.17. The summed E-state index contributed by atoms with van der Waals surface area (Å²) < 4.78 is 21.0. The van der Waals surface area contributed by atoms with E-state index in [9.17, 15) is 9.18 Å². The Morgan fingerprint density at radius 1 is 1.23 bits per heavy atom. The van der Waals surface area contributed by atoms with Crippen molar-refractivity contribution in [2.24, 2.45) is 0 Å². The number of halogens is 1. The molecule has 154 valence electrons. The van der Waals surface area contributed by atoms with E-state index in [1.54, 1.807) is 22.7 Å². The Balaban J connectivity index is 1.23. The van der Waals surface area contributed by atoms with Gasteiger partial charge in [0.05, 0.1) is 11.8 Å². The number of hydrogen-bond donors (Lipinski definition) is 2. The minimum absolute atomic E-state index is 0.126. The van der Waals surface area contributed by atoms with Crippen molar-refractivity contribution in [2.75, 3.05) is 18.4 Å². The van der Waals surface area contributed by atoms with Crippen molar-refractivity contribution in [1.29, 1.82) is 0 Å². The van der Waals surface area contributed by atoms with Crippen LogP contribution in [0, 0.1) is 12.7 Å². The molecule has 3 aromatic heterocycles. The number of aromatic nitrogens is 5. The molecule has 1 amide bonds. The number of carbonyl (C=O) groups is 1. The fourth-order valence-corrected chi connectivity index (χ4v) is 2.97. The van der Waals surface area contributed by atoms with Crippen molar-refractivity contribution < 1.29 is 13.6 Å². The Morgan fingerprint density at radius 2 is 2.10 bits per heavy atom. The molecule has 0 atom stereocenters. The number of benzene rings is 1. The van der Waals surface area contributed by atoms with E-state index in [0.717, 1.165) is 11.5 Å². The Bertz CT molecular complexity index is 1170. The summed E-state index contributed by atoms with van der Waals surface area (Å²) in [4.78, 5) is 24.6. The molecule has 1 aromatic carbocycles. The second kappa shape index (κ2) is 8.68. The Kier molecular flexibility index (Phi) is 5.64. The molecule has 0 saturated heterocycles. The number of nitrogens with zero attached hydrogens (tertiary/aromatic N) is 5. The smallest absolute Gasteiger partial charge is 0.254 e. The van der Waals surface area contributed by atoms with Gasteiger partial charge in [-0.15, -0.1) is 0 Å². The van der Waals surface area contributed by atoms with E-state index >= 15 is 0 Å². The number of amides is 1. The highest BCUT2D eigenvalue weighted by molar-refractivity contribution is 5.76. The van der Waals surface area contributed by atoms with Crippen LogP contribution in [0.3, 0.4) is 0 Å². The van der Waals surface area contributed by atoms with Gasteiger partial charge in [0, 0.05) is 37.7 Å². The van der Waals surface area contributed by atoms with Gasteiger partial charge in [0.15, 0.2) is 11.7 Å². The molecule has 0 aliphatic heterocycles. The zero-order valence-electron chi connectivity index (χ0n) is 16.3. The third-order valence-corrected chi connectivity index (χ3v) is 4.39. The van der Waals surface area contributed by atoms with Crippen LogP contribution in [0.2, 0.25) is 0 Å². The first kappa shape index (κ1) is 19.5. The van der Waals surface area contributed by atoms with Gasteiger partial charge in [-0.2, -0.15) is 14.6 Å². The number of nitrogens with one attached hydrogen (secondary N) is 2. The molecule has 10 heteroatoms. The number of aryl methyl sites for hydroxylation is 2. The SMILES string of the molecule is Cc1cc(NCCNC(=O)CCc2ncc(-c3ccccc3F)o2)n2ncnc2n1. The van der Waals surface area contributed by atoms with Gasteiger partial charge in [-0.1, -0.05) is 12.1 Å². The van der Waals surface area contributed by atoms with Crippen molar-refractivity contribution in [2.45, 2.75) is 19.8 Å². The number of carbonyl (C=O) groups excluding carboxylic acids is 1. The summed E-state index contributed by atoms with van der Waals surface area (Å²) in [6, 6.07) is 8.18. The van der Waals surface area contributed by atoms with Crippen LogP contribution in [-0.2, 0) is 11.2 Å². The van der Waals surface area contributed by atoms with Crippen LogP contribution in [0.15, 0.2) is 47.3 Å². The molecule has 2 N–H and O–H groups in total. The predicted octanol–water partition coefficient (Wildman–Crippen LogP) is 2.39. The first-order valence-electron chi connectivity index (χ1n) is 9.48. The molecule has 4 rings (SSSR count). The lowest BCUT2D eigenvalue weighted by molar-refractivity contribution is -0.121. The van der Waals surface area contributed by atoms with E-state index < -0.39 is 0 Å². The minimum Gasteiger partial charge on any atom is -0.441 e. The van der Waals surface area contributed by atoms with Gasteiger partial charge in [-0.25, -0.2) is 14.4 Å². The maximum atomic E-state index is 13.8. The number of hydrogen-bond acceptors (Lipinski definition) is 7. The van der Waals surface area contributed by atoms with Gasteiger partial charge in [0.2, 0.25) is 5.91 Å². The van der Waals surface area contributed by atoms with E-state index in [1.807, 2.05) is 13.0 Å². The molecule has 30 heavy (non-hydrogen) atoms. The molecule has 3 heterocycles. The summed E-state index contributed by atoms with van der Waals surface area (Å²) in [5, 5.41) is 10.2. The lowest BCUT2D eigenvalue weighted by Crippen LogP contribution is -2.29. The highest BCUT2D eigenvalue weighted by Crippen LogP contribution is 2.23. The topological polar surface area (TPSA) is 110 Å². The molecule has 9 nitrogen and oxygen atoms in total. The molecule has 0 bridgehead atoms. The van der Waals surface area contributed by atoms with Crippen LogP contribution >= 0.6 is 0 Å². The summed E-state index contributed by atoms with van der Waals surface area (Å²) >= 11 is 0. The first-order valence-corrected chi connectivity index (χ1v) is 9.48. The third-order valence-electron chi connectivity index (χ3n) is 4.39. The largest absolute Gasteiger partial charge is 0.441 e. The zero-order valence-corrected chi connectivity index (χ0v) is 16.3. The van der Waals surface area contributed by atoms with Crippen LogP contribution in [0.4, 0.5) is 10.2 Å². The lowest BCUT2D eigenvalue weighted by atomic mass is 10.2. The van der Waals surface area contributed by atoms with Gasteiger partial charge < -0.3 is 15.1 Å². The van der Waals surface area contributed by atoms with Gasteiger partial charge in [0.25, 0.3) is 5.78 Å². The Labute approximate surface area is 171 Å². The molecule has 0 aliphatic carbocycles. The molecule has 0 radical (unpaired) electrons. The predicted molar refractivity (Wildman–Crippen MR) is 107 cm³/mol. The molecule has 0 spiro atoms. The van der Waals surface area contributed by atoms with Crippen LogP contribution in [0.25, 0.3) is 17.1 Å². The zero-order chi connectivity index (χ0) is 20.9. The Hall–Kier alpha value is -3.82.